The summed E-state index contributed by atoms with van der Waals surface area (Å²) in [5, 5.41) is 4.09. The molecule has 3 rings (SSSR count). The van der Waals surface area contributed by atoms with Crippen molar-refractivity contribution in [3.8, 4) is 0 Å². The number of benzene rings is 1. The Morgan fingerprint density at radius 2 is 1.90 bits per heavy atom. The molecule has 0 saturated carbocycles. The minimum atomic E-state index is -0.288. The molecule has 1 aromatic heterocycles. The zero-order valence-corrected chi connectivity index (χ0v) is 12.6. The lowest BCUT2D eigenvalue weighted by molar-refractivity contribution is 0.0855. The Bertz CT molecular complexity index is 796. The number of nitrogens with zero attached hydrogens (tertiary/aromatic N) is 3. The van der Waals surface area contributed by atoms with E-state index in [1.54, 1.807) is 18.2 Å². The molecule has 0 radical (unpaired) electrons. The first-order chi connectivity index (χ1) is 9.99. The van der Waals surface area contributed by atoms with Crippen LogP contribution in [0.4, 0.5) is 0 Å². The van der Waals surface area contributed by atoms with Crippen LogP contribution in [0.25, 0.3) is 0 Å². The minimum absolute atomic E-state index is 0.133. The zero-order chi connectivity index (χ0) is 15.1. The van der Waals surface area contributed by atoms with Crippen molar-refractivity contribution in [2.45, 2.75) is 6.54 Å². The number of thiocarbonyl (C=S) groups is 1. The summed E-state index contributed by atoms with van der Waals surface area (Å²) in [7, 11) is 1.51. The third kappa shape index (κ3) is 2.26. The number of rotatable bonds is 2. The topological polar surface area (TPSA) is 55.2 Å². The normalized spacial score (nSPS) is 13.7. The molecule has 21 heavy (non-hydrogen) atoms. The first-order valence-corrected chi connectivity index (χ1v) is 6.95. The number of hydrogen-bond donors (Lipinski definition) is 0. The molecule has 0 spiro atoms. The quantitative estimate of drug-likeness (QED) is 0.792. The molecule has 2 heterocycles. The van der Waals surface area contributed by atoms with Gasteiger partial charge in [0.05, 0.1) is 12.1 Å². The summed E-state index contributed by atoms with van der Waals surface area (Å²) in [6, 6.07) is 8.52. The van der Waals surface area contributed by atoms with Gasteiger partial charge >= 0.3 is 0 Å². The summed E-state index contributed by atoms with van der Waals surface area (Å²) in [6.07, 6.45) is 0. The highest BCUT2D eigenvalue weighted by Gasteiger charge is 2.32. The Balaban J connectivity index is 1.98. The summed E-state index contributed by atoms with van der Waals surface area (Å²) in [4.78, 5) is 25.9. The SMILES string of the molecule is Cn1nc(Cl)c(CN2C(=O)c3ccccc3C2=S)cc1=O. The van der Waals surface area contributed by atoms with Gasteiger partial charge in [0.15, 0.2) is 5.15 Å². The molecule has 0 N–H and O–H groups in total. The summed E-state index contributed by atoms with van der Waals surface area (Å²) in [5.41, 5.74) is 1.48. The fourth-order valence-corrected chi connectivity index (χ4v) is 2.76. The van der Waals surface area contributed by atoms with Crippen LogP contribution in [0.1, 0.15) is 21.5 Å². The molecule has 5 nitrogen and oxygen atoms in total. The third-order valence-electron chi connectivity index (χ3n) is 3.33. The first-order valence-electron chi connectivity index (χ1n) is 6.17. The number of aromatic nitrogens is 2. The Morgan fingerprint density at radius 3 is 2.57 bits per heavy atom. The van der Waals surface area contributed by atoms with Crippen molar-refractivity contribution in [1.29, 1.82) is 0 Å². The fourth-order valence-electron chi connectivity index (χ4n) is 2.21. The highest BCUT2D eigenvalue weighted by molar-refractivity contribution is 7.80. The molecular weight excluding hydrogens is 310 g/mol. The van der Waals surface area contributed by atoms with Crippen LogP contribution in [0.3, 0.4) is 0 Å². The minimum Gasteiger partial charge on any atom is -0.294 e. The fraction of sp³-hybridized carbons (Fsp3) is 0.143. The van der Waals surface area contributed by atoms with Crippen molar-refractivity contribution in [2.24, 2.45) is 7.05 Å². The largest absolute Gasteiger partial charge is 0.294 e. The Hall–Kier alpha value is -2.05. The van der Waals surface area contributed by atoms with Crippen LogP contribution in [-0.2, 0) is 13.6 Å². The maximum Gasteiger partial charge on any atom is 0.266 e. The molecule has 0 atom stereocenters. The standard InChI is InChI=1S/C14H10ClN3O2S/c1-17-11(19)6-8(12(15)16-17)7-18-13(20)9-4-2-3-5-10(9)14(18)21/h2-6H,7H2,1H3. The van der Waals surface area contributed by atoms with Gasteiger partial charge in [0.2, 0.25) is 0 Å². The maximum atomic E-state index is 12.4. The molecular formula is C14H10ClN3O2S. The molecule has 0 fully saturated rings. The van der Waals surface area contributed by atoms with Gasteiger partial charge in [-0.25, -0.2) is 4.68 Å². The summed E-state index contributed by atoms with van der Waals surface area (Å²) in [6.45, 7) is 0.133. The molecule has 1 amide bonds. The smallest absolute Gasteiger partial charge is 0.266 e. The Labute approximate surface area is 130 Å². The number of carbonyl (C=O) groups is 1. The average Bonchev–Trinajstić information content (AvgIpc) is 2.70. The Kier molecular flexibility index (Phi) is 3.35. The molecule has 1 aliphatic heterocycles. The molecule has 106 valence electrons. The van der Waals surface area contributed by atoms with Gasteiger partial charge in [-0.05, 0) is 6.07 Å². The van der Waals surface area contributed by atoms with E-state index >= 15 is 0 Å². The second-order valence-corrected chi connectivity index (χ2v) is 5.41. The molecule has 0 saturated heterocycles. The van der Waals surface area contributed by atoms with Crippen molar-refractivity contribution >= 4 is 34.7 Å². The van der Waals surface area contributed by atoms with Crippen LogP contribution in [0.15, 0.2) is 35.1 Å². The van der Waals surface area contributed by atoms with E-state index in [1.165, 1.54) is 18.0 Å². The van der Waals surface area contributed by atoms with Gasteiger partial charge in [-0.1, -0.05) is 42.0 Å². The van der Waals surface area contributed by atoms with Crippen LogP contribution in [0.5, 0.6) is 0 Å². The van der Waals surface area contributed by atoms with Gasteiger partial charge in [0, 0.05) is 24.2 Å². The predicted octanol–water partition coefficient (Wildman–Crippen LogP) is 1.77. The molecule has 1 aliphatic rings. The number of aryl methyl sites for hydroxylation is 1. The van der Waals surface area contributed by atoms with Crippen LogP contribution in [0.2, 0.25) is 5.15 Å². The second kappa shape index (κ2) is 5.05. The predicted molar refractivity (Wildman–Crippen MR) is 82.5 cm³/mol. The van der Waals surface area contributed by atoms with Crippen LogP contribution in [0, 0.1) is 0 Å². The molecule has 0 unspecified atom stereocenters. The van der Waals surface area contributed by atoms with Crippen molar-refractivity contribution in [3.05, 3.63) is 62.5 Å². The van der Waals surface area contributed by atoms with E-state index in [9.17, 15) is 9.59 Å². The number of carbonyl (C=O) groups excluding carboxylic acids is 1. The van der Waals surface area contributed by atoms with Crippen LogP contribution >= 0.6 is 23.8 Å². The average molecular weight is 320 g/mol. The highest BCUT2D eigenvalue weighted by atomic mass is 35.5. The van der Waals surface area contributed by atoms with Gasteiger partial charge in [-0.2, -0.15) is 5.10 Å². The monoisotopic (exact) mass is 319 g/mol. The van der Waals surface area contributed by atoms with E-state index in [4.69, 9.17) is 23.8 Å². The molecule has 2 aromatic rings. The second-order valence-electron chi connectivity index (χ2n) is 4.66. The lowest BCUT2D eigenvalue weighted by atomic mass is 10.1. The van der Waals surface area contributed by atoms with Crippen molar-refractivity contribution in [2.75, 3.05) is 0 Å². The molecule has 1 aromatic carbocycles. The lowest BCUT2D eigenvalue weighted by Gasteiger charge is -2.16. The summed E-state index contributed by atoms with van der Waals surface area (Å²) >= 11 is 11.4. The number of halogens is 1. The summed E-state index contributed by atoms with van der Waals surface area (Å²) < 4.78 is 1.14. The van der Waals surface area contributed by atoms with Gasteiger partial charge in [0.25, 0.3) is 11.5 Å². The Morgan fingerprint density at radius 1 is 1.24 bits per heavy atom. The zero-order valence-electron chi connectivity index (χ0n) is 11.0. The van der Waals surface area contributed by atoms with Gasteiger partial charge < -0.3 is 0 Å². The summed E-state index contributed by atoms with van der Waals surface area (Å²) in [5.74, 6) is -0.188. The van der Waals surface area contributed by atoms with Gasteiger partial charge in [-0.3, -0.25) is 14.5 Å². The van der Waals surface area contributed by atoms with Crippen molar-refractivity contribution in [1.82, 2.24) is 14.7 Å². The molecule has 7 heteroatoms. The highest BCUT2D eigenvalue weighted by Crippen LogP contribution is 2.26. The number of fused-ring (bicyclic) bond motifs is 1. The maximum absolute atomic E-state index is 12.4. The van der Waals surface area contributed by atoms with E-state index in [1.807, 2.05) is 6.07 Å². The van der Waals surface area contributed by atoms with E-state index in [-0.39, 0.29) is 23.2 Å². The van der Waals surface area contributed by atoms with Gasteiger partial charge in [0.1, 0.15) is 4.99 Å². The number of hydrogen-bond acceptors (Lipinski definition) is 4. The number of amides is 1. The van der Waals surface area contributed by atoms with Crippen molar-refractivity contribution in [3.63, 3.8) is 0 Å². The van der Waals surface area contributed by atoms with Gasteiger partial charge in [-0.15, -0.1) is 0 Å². The van der Waals surface area contributed by atoms with E-state index in [2.05, 4.69) is 5.10 Å². The van der Waals surface area contributed by atoms with E-state index in [0.717, 1.165) is 10.2 Å². The third-order valence-corrected chi connectivity index (χ3v) is 4.08. The van der Waals surface area contributed by atoms with Crippen LogP contribution in [-0.4, -0.2) is 25.6 Å². The van der Waals surface area contributed by atoms with Crippen LogP contribution < -0.4 is 5.56 Å². The first kappa shape index (κ1) is 13.9. The van der Waals surface area contributed by atoms with E-state index in [0.29, 0.717) is 16.1 Å². The lowest BCUT2D eigenvalue weighted by Crippen LogP contribution is -2.30. The molecule has 0 bridgehead atoms. The molecule has 0 aliphatic carbocycles. The van der Waals surface area contributed by atoms with Crippen molar-refractivity contribution < 1.29 is 4.79 Å². The van der Waals surface area contributed by atoms with E-state index < -0.39 is 0 Å².